The van der Waals surface area contributed by atoms with Crippen molar-refractivity contribution in [3.8, 4) is 0 Å². The molecule has 5 heteroatoms. The van der Waals surface area contributed by atoms with Gasteiger partial charge >= 0.3 is 0 Å². The SMILES string of the molecule is CN(C)CCN1C(=O)CN=C(c2ccccc2)c2cc(Cl)ccc21. The van der Waals surface area contributed by atoms with Crippen LogP contribution in [0.5, 0.6) is 0 Å². The molecule has 0 saturated heterocycles. The van der Waals surface area contributed by atoms with Crippen molar-refractivity contribution in [3.63, 3.8) is 0 Å². The summed E-state index contributed by atoms with van der Waals surface area (Å²) in [5.41, 5.74) is 3.57. The van der Waals surface area contributed by atoms with Gasteiger partial charge in [-0.2, -0.15) is 0 Å². The highest BCUT2D eigenvalue weighted by Gasteiger charge is 2.25. The van der Waals surface area contributed by atoms with Crippen LogP contribution < -0.4 is 4.90 Å². The van der Waals surface area contributed by atoms with Crippen LogP contribution in [0.4, 0.5) is 5.69 Å². The Balaban J connectivity index is 2.09. The van der Waals surface area contributed by atoms with Gasteiger partial charge in [-0.3, -0.25) is 9.79 Å². The third kappa shape index (κ3) is 3.50. The normalized spacial score (nSPS) is 14.4. The van der Waals surface area contributed by atoms with E-state index in [-0.39, 0.29) is 12.5 Å². The zero-order chi connectivity index (χ0) is 17.1. The van der Waals surface area contributed by atoms with Gasteiger partial charge in [-0.1, -0.05) is 41.9 Å². The average molecular weight is 342 g/mol. The van der Waals surface area contributed by atoms with E-state index < -0.39 is 0 Å². The molecule has 1 amide bonds. The van der Waals surface area contributed by atoms with E-state index in [0.717, 1.165) is 29.1 Å². The van der Waals surface area contributed by atoms with E-state index in [9.17, 15) is 4.79 Å². The number of nitrogens with zero attached hydrogens (tertiary/aromatic N) is 3. The van der Waals surface area contributed by atoms with Crippen LogP contribution in [0.3, 0.4) is 0 Å². The van der Waals surface area contributed by atoms with Crippen LogP contribution in [0.1, 0.15) is 11.1 Å². The maximum absolute atomic E-state index is 12.6. The van der Waals surface area contributed by atoms with Crippen molar-refractivity contribution in [2.24, 2.45) is 4.99 Å². The minimum absolute atomic E-state index is 0.00588. The average Bonchev–Trinajstić information content (AvgIpc) is 2.70. The van der Waals surface area contributed by atoms with E-state index >= 15 is 0 Å². The number of carbonyl (C=O) groups is 1. The zero-order valence-corrected chi connectivity index (χ0v) is 14.6. The topological polar surface area (TPSA) is 35.9 Å². The molecule has 1 aliphatic heterocycles. The van der Waals surface area contributed by atoms with Crippen LogP contribution in [-0.2, 0) is 4.79 Å². The first-order chi connectivity index (χ1) is 11.6. The Kier molecular flexibility index (Phi) is 4.97. The second-order valence-electron chi connectivity index (χ2n) is 6.04. The number of aliphatic imine (C=N–C) groups is 1. The predicted octanol–water partition coefficient (Wildman–Crippen LogP) is 3.09. The lowest BCUT2D eigenvalue weighted by atomic mass is 10.00. The first-order valence-corrected chi connectivity index (χ1v) is 8.29. The number of rotatable bonds is 4. The summed E-state index contributed by atoms with van der Waals surface area (Å²) in [6, 6.07) is 15.5. The van der Waals surface area contributed by atoms with Gasteiger partial charge in [-0.05, 0) is 32.3 Å². The molecule has 2 aromatic carbocycles. The van der Waals surface area contributed by atoms with Crippen molar-refractivity contribution >= 4 is 28.9 Å². The molecule has 0 bridgehead atoms. The maximum atomic E-state index is 12.6. The van der Waals surface area contributed by atoms with Crippen LogP contribution in [0.15, 0.2) is 53.5 Å². The fourth-order valence-electron chi connectivity index (χ4n) is 2.77. The molecule has 124 valence electrons. The molecule has 3 rings (SSSR count). The summed E-state index contributed by atoms with van der Waals surface area (Å²) in [5.74, 6) is 0.00588. The van der Waals surface area contributed by atoms with Crippen molar-refractivity contribution in [2.45, 2.75) is 0 Å². The van der Waals surface area contributed by atoms with Gasteiger partial charge in [0.05, 0.1) is 11.4 Å². The van der Waals surface area contributed by atoms with E-state index in [4.69, 9.17) is 11.6 Å². The molecule has 24 heavy (non-hydrogen) atoms. The van der Waals surface area contributed by atoms with Crippen LogP contribution in [0, 0.1) is 0 Å². The number of benzene rings is 2. The summed E-state index contributed by atoms with van der Waals surface area (Å²) < 4.78 is 0. The zero-order valence-electron chi connectivity index (χ0n) is 13.9. The molecule has 0 N–H and O–H groups in total. The molecular weight excluding hydrogens is 322 g/mol. The van der Waals surface area contributed by atoms with Crippen molar-refractivity contribution in [1.29, 1.82) is 0 Å². The Morgan fingerprint density at radius 2 is 1.92 bits per heavy atom. The highest BCUT2D eigenvalue weighted by molar-refractivity contribution is 6.32. The summed E-state index contributed by atoms with van der Waals surface area (Å²) in [6.07, 6.45) is 0. The number of anilines is 1. The Hall–Kier alpha value is -2.17. The number of halogens is 1. The van der Waals surface area contributed by atoms with Crippen LogP contribution >= 0.6 is 11.6 Å². The Morgan fingerprint density at radius 1 is 1.17 bits per heavy atom. The monoisotopic (exact) mass is 341 g/mol. The first-order valence-electron chi connectivity index (χ1n) is 7.91. The molecule has 2 aromatic rings. The van der Waals surface area contributed by atoms with Crippen molar-refractivity contribution in [1.82, 2.24) is 4.90 Å². The van der Waals surface area contributed by atoms with Gasteiger partial charge in [0.2, 0.25) is 5.91 Å². The fourth-order valence-corrected chi connectivity index (χ4v) is 2.94. The van der Waals surface area contributed by atoms with Gasteiger partial charge in [0.25, 0.3) is 0 Å². The molecule has 4 nitrogen and oxygen atoms in total. The van der Waals surface area contributed by atoms with Crippen LogP contribution in [0.2, 0.25) is 5.02 Å². The molecule has 0 fully saturated rings. The Labute approximate surface area is 147 Å². The largest absolute Gasteiger partial charge is 0.309 e. The number of likely N-dealkylation sites (N-methyl/N-ethyl adjacent to an activating group) is 1. The quantitative estimate of drug-likeness (QED) is 0.856. The number of carbonyl (C=O) groups excluding carboxylic acids is 1. The van der Waals surface area contributed by atoms with Crippen LogP contribution in [-0.4, -0.2) is 50.2 Å². The fraction of sp³-hybridized carbons (Fsp3) is 0.263. The second-order valence-corrected chi connectivity index (χ2v) is 6.48. The minimum Gasteiger partial charge on any atom is -0.309 e. The van der Waals surface area contributed by atoms with Gasteiger partial charge < -0.3 is 9.80 Å². The predicted molar refractivity (Wildman–Crippen MR) is 99.3 cm³/mol. The minimum atomic E-state index is 0.00588. The third-order valence-electron chi connectivity index (χ3n) is 4.00. The lowest BCUT2D eigenvalue weighted by Crippen LogP contribution is -2.37. The van der Waals surface area contributed by atoms with Gasteiger partial charge in [-0.15, -0.1) is 0 Å². The highest BCUT2D eigenvalue weighted by atomic mass is 35.5. The summed E-state index contributed by atoms with van der Waals surface area (Å²) >= 11 is 6.23. The van der Waals surface area contributed by atoms with Gasteiger partial charge in [-0.25, -0.2) is 0 Å². The molecular formula is C19H20ClN3O. The van der Waals surface area contributed by atoms with Crippen molar-refractivity contribution in [3.05, 3.63) is 64.7 Å². The van der Waals surface area contributed by atoms with E-state index in [1.54, 1.807) is 0 Å². The van der Waals surface area contributed by atoms with Crippen LogP contribution in [0.25, 0.3) is 0 Å². The molecule has 1 heterocycles. The molecule has 1 aliphatic rings. The third-order valence-corrected chi connectivity index (χ3v) is 4.23. The molecule has 0 aromatic heterocycles. The second kappa shape index (κ2) is 7.16. The molecule has 0 saturated carbocycles. The number of hydrogen-bond acceptors (Lipinski definition) is 3. The Morgan fingerprint density at radius 3 is 2.62 bits per heavy atom. The summed E-state index contributed by atoms with van der Waals surface area (Å²) in [6.45, 7) is 1.55. The van der Waals surface area contributed by atoms with Gasteiger partial charge in [0.15, 0.2) is 0 Å². The first kappa shape index (κ1) is 16.7. The maximum Gasteiger partial charge on any atom is 0.248 e. The number of benzodiazepines with no additional fused rings is 1. The summed E-state index contributed by atoms with van der Waals surface area (Å²) in [5, 5.41) is 0.638. The number of amides is 1. The summed E-state index contributed by atoms with van der Waals surface area (Å²) in [4.78, 5) is 21.1. The number of fused-ring (bicyclic) bond motifs is 1. The smallest absolute Gasteiger partial charge is 0.248 e. The van der Waals surface area contributed by atoms with E-state index in [1.165, 1.54) is 0 Å². The van der Waals surface area contributed by atoms with Gasteiger partial charge in [0, 0.05) is 29.2 Å². The van der Waals surface area contributed by atoms with Crippen molar-refractivity contribution < 1.29 is 4.79 Å². The lowest BCUT2D eigenvalue weighted by molar-refractivity contribution is -0.117. The molecule has 0 unspecified atom stereocenters. The standard InChI is InChI=1S/C19H20ClN3O/c1-22(2)10-11-23-17-9-8-15(20)12-16(17)19(21-13-18(23)24)14-6-4-3-5-7-14/h3-9,12H,10-11,13H2,1-2H3. The highest BCUT2D eigenvalue weighted by Crippen LogP contribution is 2.29. The van der Waals surface area contributed by atoms with Crippen molar-refractivity contribution in [2.75, 3.05) is 38.6 Å². The number of hydrogen-bond donors (Lipinski definition) is 0. The summed E-state index contributed by atoms with van der Waals surface area (Å²) in [7, 11) is 3.99. The Bertz CT molecular complexity index is 771. The van der Waals surface area contributed by atoms with Gasteiger partial charge in [0.1, 0.15) is 6.54 Å². The molecule has 0 spiro atoms. The van der Waals surface area contributed by atoms with E-state index in [0.29, 0.717) is 11.6 Å². The molecule has 0 aliphatic carbocycles. The molecule has 0 atom stereocenters. The lowest BCUT2D eigenvalue weighted by Gasteiger charge is -2.24. The van der Waals surface area contributed by atoms with E-state index in [1.807, 2.05) is 67.5 Å². The molecule has 0 radical (unpaired) electrons. The van der Waals surface area contributed by atoms with E-state index in [2.05, 4.69) is 9.89 Å².